The Balaban J connectivity index is 0. The smallest absolute Gasteiger partial charge is 0.135 e. The van der Waals surface area contributed by atoms with Gasteiger partial charge in [-0.2, -0.15) is 0 Å². The summed E-state index contributed by atoms with van der Waals surface area (Å²) in [5.74, 6) is 1.37. The molecule has 0 N–H and O–H groups in total. The number of Topliss-reactive ketones (excluding diaryl/α,β-unsaturated/α-hetero) is 4. The molecule has 0 aliphatic carbocycles. The van der Waals surface area contributed by atoms with Crippen molar-refractivity contribution in [1.29, 1.82) is 0 Å². The van der Waals surface area contributed by atoms with Gasteiger partial charge in [0.05, 0.1) is 0 Å². The van der Waals surface area contributed by atoms with Crippen molar-refractivity contribution in [2.45, 2.75) is 93.9 Å². The highest BCUT2D eigenvalue weighted by Crippen LogP contribution is 2.09. The minimum atomic E-state index is 0.0602. The molecule has 0 aromatic carbocycles. The first kappa shape index (κ1) is 26.9. The lowest BCUT2D eigenvalue weighted by Crippen LogP contribution is -2.12. The van der Waals surface area contributed by atoms with Crippen LogP contribution >= 0.6 is 0 Å². The third kappa shape index (κ3) is 15.0. The van der Waals surface area contributed by atoms with Crippen molar-refractivity contribution in [3.63, 3.8) is 0 Å². The molecule has 4 nitrogen and oxygen atoms in total. The van der Waals surface area contributed by atoms with Gasteiger partial charge in [-0.25, -0.2) is 0 Å². The van der Waals surface area contributed by atoms with Gasteiger partial charge in [-0.1, -0.05) is 55.4 Å². The molecule has 0 aromatic rings. The van der Waals surface area contributed by atoms with Crippen molar-refractivity contribution < 1.29 is 19.2 Å². The lowest BCUT2D eigenvalue weighted by Gasteiger charge is -2.05. The second-order valence-corrected chi connectivity index (χ2v) is 8.19. The van der Waals surface area contributed by atoms with Crippen molar-refractivity contribution >= 4 is 23.1 Å². The first-order chi connectivity index (χ1) is 11.9. The zero-order valence-corrected chi connectivity index (χ0v) is 18.2. The van der Waals surface area contributed by atoms with Crippen LogP contribution in [0.2, 0.25) is 0 Å². The van der Waals surface area contributed by atoms with Gasteiger partial charge in [0.1, 0.15) is 23.1 Å². The molecule has 152 valence electrons. The van der Waals surface area contributed by atoms with Gasteiger partial charge in [-0.3, -0.25) is 19.2 Å². The van der Waals surface area contributed by atoms with Crippen LogP contribution in [-0.4, -0.2) is 23.1 Å². The SMILES string of the molecule is CC(C)C(=O)CCC(=O)C(C)C.CC(C)C(=O)CCCCC(=O)C(C)C. The average Bonchev–Trinajstić information content (AvgIpc) is 2.55. The molecule has 0 unspecified atom stereocenters. The van der Waals surface area contributed by atoms with E-state index in [1.165, 1.54) is 0 Å². The van der Waals surface area contributed by atoms with Gasteiger partial charge in [0, 0.05) is 49.4 Å². The minimum Gasteiger partial charge on any atom is -0.299 e. The summed E-state index contributed by atoms with van der Waals surface area (Å²) in [6.45, 7) is 15.1. The Morgan fingerprint density at radius 2 is 0.615 bits per heavy atom. The van der Waals surface area contributed by atoms with E-state index in [1.54, 1.807) is 0 Å². The Labute approximate surface area is 160 Å². The fraction of sp³-hybridized carbons (Fsp3) is 0.818. The van der Waals surface area contributed by atoms with Gasteiger partial charge in [-0.05, 0) is 12.8 Å². The lowest BCUT2D eigenvalue weighted by molar-refractivity contribution is -0.127. The topological polar surface area (TPSA) is 68.3 Å². The molecule has 0 radical (unpaired) electrons. The monoisotopic (exact) mass is 368 g/mol. The summed E-state index contributed by atoms with van der Waals surface area (Å²) in [7, 11) is 0. The molecular formula is C22H40O4. The van der Waals surface area contributed by atoms with Gasteiger partial charge in [0.2, 0.25) is 0 Å². The van der Waals surface area contributed by atoms with Crippen LogP contribution in [0.1, 0.15) is 93.9 Å². The Morgan fingerprint density at radius 3 is 0.808 bits per heavy atom. The summed E-state index contributed by atoms with van der Waals surface area (Å²) in [5, 5.41) is 0. The largest absolute Gasteiger partial charge is 0.299 e. The van der Waals surface area contributed by atoms with E-state index in [-0.39, 0.29) is 35.2 Å². The maximum atomic E-state index is 11.2. The predicted octanol–water partition coefficient (Wildman–Crippen LogP) is 5.21. The van der Waals surface area contributed by atoms with Gasteiger partial charge in [0.25, 0.3) is 0 Å². The van der Waals surface area contributed by atoms with Crippen LogP contribution in [0.25, 0.3) is 0 Å². The summed E-state index contributed by atoms with van der Waals surface area (Å²) in [6.07, 6.45) is 3.79. The van der Waals surface area contributed by atoms with E-state index in [0.29, 0.717) is 37.2 Å². The number of carbonyl (C=O) groups excluding carboxylic acids is 4. The maximum absolute atomic E-state index is 11.2. The highest BCUT2D eigenvalue weighted by Gasteiger charge is 2.12. The van der Waals surface area contributed by atoms with Crippen LogP contribution < -0.4 is 0 Å². The Kier molecular flexibility index (Phi) is 15.3. The summed E-state index contributed by atoms with van der Waals surface area (Å²) in [5.41, 5.74) is 0. The van der Waals surface area contributed by atoms with Crippen LogP contribution in [0.4, 0.5) is 0 Å². The Morgan fingerprint density at radius 1 is 0.423 bits per heavy atom. The lowest BCUT2D eigenvalue weighted by atomic mass is 9.99. The predicted molar refractivity (Wildman–Crippen MR) is 107 cm³/mol. The fourth-order valence-electron chi connectivity index (χ4n) is 2.00. The normalized spacial score (nSPS) is 10.9. The molecule has 0 atom stereocenters. The standard InChI is InChI=1S/C12H22O2.C10H18O2/c1-9(2)11(13)7-5-6-8-12(14)10(3)4;1-7(2)9(11)5-6-10(12)8(3)4/h9-10H,5-8H2,1-4H3;7-8H,5-6H2,1-4H3. The Bertz CT molecular complexity index is 403. The van der Waals surface area contributed by atoms with Crippen LogP contribution in [0, 0.1) is 23.7 Å². The molecule has 0 saturated heterocycles. The quantitative estimate of drug-likeness (QED) is 0.443. The maximum Gasteiger partial charge on any atom is 0.135 e. The zero-order chi connectivity index (χ0) is 20.9. The van der Waals surface area contributed by atoms with E-state index >= 15 is 0 Å². The molecule has 0 aliphatic heterocycles. The fourth-order valence-corrected chi connectivity index (χ4v) is 2.00. The molecule has 0 aromatic heterocycles. The first-order valence-corrected chi connectivity index (χ1v) is 10.0. The van der Waals surface area contributed by atoms with Crippen LogP contribution in [-0.2, 0) is 19.2 Å². The van der Waals surface area contributed by atoms with Gasteiger partial charge in [-0.15, -0.1) is 0 Å². The van der Waals surface area contributed by atoms with Crippen LogP contribution in [0.3, 0.4) is 0 Å². The van der Waals surface area contributed by atoms with Crippen molar-refractivity contribution in [2.75, 3.05) is 0 Å². The second-order valence-electron chi connectivity index (χ2n) is 8.19. The molecule has 0 heterocycles. The number of unbranched alkanes of at least 4 members (excludes halogenated alkanes) is 1. The van der Waals surface area contributed by atoms with E-state index in [9.17, 15) is 19.2 Å². The summed E-state index contributed by atoms with van der Waals surface area (Å²) >= 11 is 0. The van der Waals surface area contributed by atoms with Crippen molar-refractivity contribution in [3.8, 4) is 0 Å². The molecule has 0 amide bonds. The molecule has 0 fully saturated rings. The van der Waals surface area contributed by atoms with Gasteiger partial charge >= 0.3 is 0 Å². The molecule has 4 heteroatoms. The van der Waals surface area contributed by atoms with E-state index < -0.39 is 0 Å². The third-order valence-electron chi connectivity index (χ3n) is 4.29. The summed E-state index contributed by atoms with van der Waals surface area (Å²) in [6, 6.07) is 0. The number of rotatable bonds is 12. The highest BCUT2D eigenvalue weighted by molar-refractivity contribution is 5.87. The average molecular weight is 369 g/mol. The highest BCUT2D eigenvalue weighted by atomic mass is 16.1. The number of carbonyl (C=O) groups is 4. The van der Waals surface area contributed by atoms with E-state index in [4.69, 9.17) is 0 Å². The first-order valence-electron chi connectivity index (χ1n) is 10.0. The van der Waals surface area contributed by atoms with E-state index in [1.807, 2.05) is 55.4 Å². The van der Waals surface area contributed by atoms with Crippen LogP contribution in [0.5, 0.6) is 0 Å². The van der Waals surface area contributed by atoms with Crippen LogP contribution in [0.15, 0.2) is 0 Å². The third-order valence-corrected chi connectivity index (χ3v) is 4.29. The zero-order valence-electron chi connectivity index (χ0n) is 18.2. The summed E-state index contributed by atoms with van der Waals surface area (Å²) in [4.78, 5) is 44.7. The summed E-state index contributed by atoms with van der Waals surface area (Å²) < 4.78 is 0. The Hall–Kier alpha value is -1.32. The molecule has 0 aliphatic rings. The molecule has 0 spiro atoms. The van der Waals surface area contributed by atoms with Gasteiger partial charge < -0.3 is 0 Å². The second kappa shape index (κ2) is 14.8. The number of hydrogen-bond donors (Lipinski definition) is 0. The molecule has 0 saturated carbocycles. The number of ketones is 4. The van der Waals surface area contributed by atoms with E-state index in [0.717, 1.165) is 12.8 Å². The molecule has 0 rings (SSSR count). The molecular weight excluding hydrogens is 328 g/mol. The van der Waals surface area contributed by atoms with Crippen molar-refractivity contribution in [3.05, 3.63) is 0 Å². The molecule has 0 bridgehead atoms. The molecule has 26 heavy (non-hydrogen) atoms. The van der Waals surface area contributed by atoms with Gasteiger partial charge in [0.15, 0.2) is 0 Å². The van der Waals surface area contributed by atoms with Crippen molar-refractivity contribution in [1.82, 2.24) is 0 Å². The van der Waals surface area contributed by atoms with E-state index in [2.05, 4.69) is 0 Å². The van der Waals surface area contributed by atoms with Crippen molar-refractivity contribution in [2.24, 2.45) is 23.7 Å². The minimum absolute atomic E-state index is 0.0602. The number of hydrogen-bond acceptors (Lipinski definition) is 4.